The molecule has 0 N–H and O–H groups in total. The lowest BCUT2D eigenvalue weighted by atomic mass is 9.91. The van der Waals surface area contributed by atoms with Gasteiger partial charge in [-0.05, 0) is 45.1 Å². The molecule has 5 rings (SSSR count). The van der Waals surface area contributed by atoms with Gasteiger partial charge in [-0.1, -0.05) is 37.1 Å². The summed E-state index contributed by atoms with van der Waals surface area (Å²) in [7, 11) is 7.36. The number of rotatable bonds is 7. The summed E-state index contributed by atoms with van der Waals surface area (Å²) in [5.74, 6) is 1.51. The van der Waals surface area contributed by atoms with Crippen LogP contribution in [0.25, 0.3) is 10.9 Å². The first-order chi connectivity index (χ1) is 17.4. The van der Waals surface area contributed by atoms with Crippen LogP contribution < -0.4 is 14.4 Å². The van der Waals surface area contributed by atoms with E-state index in [0.29, 0.717) is 31.1 Å². The van der Waals surface area contributed by atoms with Crippen molar-refractivity contribution in [2.75, 3.05) is 46.3 Å². The van der Waals surface area contributed by atoms with E-state index in [-0.39, 0.29) is 11.3 Å². The van der Waals surface area contributed by atoms with Crippen molar-refractivity contribution in [1.82, 2.24) is 9.88 Å². The van der Waals surface area contributed by atoms with Crippen LogP contribution in [0.4, 0.5) is 5.69 Å². The number of ether oxygens (including phenoxy) is 2. The number of aldehydes is 1. The zero-order valence-corrected chi connectivity index (χ0v) is 21.6. The summed E-state index contributed by atoms with van der Waals surface area (Å²) in [4.78, 5) is 31.4. The summed E-state index contributed by atoms with van der Waals surface area (Å²) >= 11 is 0. The number of aromatic nitrogens is 1. The average Bonchev–Trinajstić information content (AvgIpc) is 3.45. The monoisotopic (exact) mass is 489 g/mol. The lowest BCUT2D eigenvalue weighted by Gasteiger charge is -2.32. The van der Waals surface area contributed by atoms with E-state index in [1.165, 1.54) is 0 Å². The molecule has 1 saturated carbocycles. The Morgan fingerprint density at radius 3 is 2.50 bits per heavy atom. The lowest BCUT2D eigenvalue weighted by Crippen LogP contribution is -2.45. The summed E-state index contributed by atoms with van der Waals surface area (Å²) in [5.41, 5.74) is 3.31. The molecule has 190 valence electrons. The van der Waals surface area contributed by atoms with Crippen LogP contribution in [-0.4, -0.2) is 68.9 Å². The molecule has 0 saturated heterocycles. The third-order valence-electron chi connectivity index (χ3n) is 7.09. The van der Waals surface area contributed by atoms with Crippen molar-refractivity contribution in [2.24, 2.45) is 0 Å². The van der Waals surface area contributed by atoms with Gasteiger partial charge in [0, 0.05) is 36.2 Å². The smallest absolute Gasteiger partial charge is 0.190 e. The van der Waals surface area contributed by atoms with Crippen LogP contribution in [0.2, 0.25) is 0 Å². The number of methoxy groups -OCH3 is 1. The molecule has 1 spiro atoms. The minimum Gasteiger partial charge on any atom is -0.493 e. The van der Waals surface area contributed by atoms with Crippen LogP contribution in [-0.2, 0) is 11.2 Å². The lowest BCUT2D eigenvalue weighted by molar-refractivity contribution is -0.108. The molecule has 1 fully saturated rings. The molecule has 1 aliphatic carbocycles. The van der Waals surface area contributed by atoms with Gasteiger partial charge in [0.2, 0.25) is 0 Å². The molecule has 0 radical (unpaired) electrons. The van der Waals surface area contributed by atoms with Gasteiger partial charge in [0.15, 0.2) is 17.3 Å². The molecular formula is C29H35N3O4. The van der Waals surface area contributed by atoms with Crippen LogP contribution in [0, 0.1) is 0 Å². The number of carbonyl (C=O) groups is 2. The zero-order valence-electron chi connectivity index (χ0n) is 21.6. The molecular weight excluding hydrogens is 454 g/mol. The third kappa shape index (κ3) is 5.07. The van der Waals surface area contributed by atoms with Gasteiger partial charge in [-0.25, -0.2) is 0 Å². The van der Waals surface area contributed by atoms with Gasteiger partial charge in [0.1, 0.15) is 11.8 Å². The van der Waals surface area contributed by atoms with Gasteiger partial charge in [-0.3, -0.25) is 9.78 Å². The Bertz CT molecular complexity index is 1230. The number of fused-ring (bicyclic) bond motifs is 2. The van der Waals surface area contributed by atoms with E-state index >= 15 is 0 Å². The number of likely N-dealkylation sites (N-methyl/N-ethyl adjacent to an activating group) is 2. The SMILES string of the molecule is CN(C)CC=O.COc1cc2c(cc1OCCc1ccc3ccccc3n1)N(C)C1(CCCC1)C2=O. The topological polar surface area (TPSA) is 72.0 Å². The summed E-state index contributed by atoms with van der Waals surface area (Å²) in [6.45, 7) is 1.02. The number of ketones is 1. The maximum Gasteiger partial charge on any atom is 0.190 e. The Hall–Kier alpha value is -3.45. The van der Waals surface area contributed by atoms with E-state index in [9.17, 15) is 9.59 Å². The standard InChI is InChI=1S/C25H26N2O3.C4H9NO/c1-27-21-16-23(22(29-2)15-19(21)24(28)25(27)12-5-6-13-25)30-14-11-18-10-9-17-7-3-4-8-20(17)26-18;1-5(2)3-4-6/h3-4,7-10,15-16H,5-6,11-14H2,1-2H3;4H,3H2,1-2H3. The van der Waals surface area contributed by atoms with E-state index < -0.39 is 0 Å². The maximum atomic E-state index is 13.2. The normalized spacial score (nSPS) is 15.7. The van der Waals surface area contributed by atoms with Gasteiger partial charge >= 0.3 is 0 Å². The largest absolute Gasteiger partial charge is 0.493 e. The van der Waals surface area contributed by atoms with Gasteiger partial charge in [-0.2, -0.15) is 0 Å². The average molecular weight is 490 g/mol. The van der Waals surface area contributed by atoms with Gasteiger partial charge in [0.05, 0.1) is 31.5 Å². The molecule has 7 heteroatoms. The second-order valence-corrected chi connectivity index (χ2v) is 9.67. The maximum absolute atomic E-state index is 13.2. The van der Waals surface area contributed by atoms with Gasteiger partial charge in [0.25, 0.3) is 0 Å². The first-order valence-electron chi connectivity index (χ1n) is 12.5. The minimum absolute atomic E-state index is 0.225. The van der Waals surface area contributed by atoms with Crippen LogP contribution in [0.15, 0.2) is 48.5 Å². The summed E-state index contributed by atoms with van der Waals surface area (Å²) in [6.07, 6.45) is 5.61. The number of pyridine rings is 1. The highest BCUT2D eigenvalue weighted by Crippen LogP contribution is 2.49. The third-order valence-corrected chi connectivity index (χ3v) is 7.09. The number of nitrogens with zero attached hydrogens (tertiary/aromatic N) is 3. The molecule has 0 amide bonds. The molecule has 3 aromatic rings. The van der Waals surface area contributed by atoms with Crippen LogP contribution >= 0.6 is 0 Å². The Morgan fingerprint density at radius 1 is 1.08 bits per heavy atom. The Kier molecular flexibility index (Phi) is 7.89. The second kappa shape index (κ2) is 11.1. The summed E-state index contributed by atoms with van der Waals surface area (Å²) in [5, 5.41) is 1.14. The number of anilines is 1. The van der Waals surface area contributed by atoms with Crippen molar-refractivity contribution in [3.8, 4) is 11.5 Å². The first kappa shape index (κ1) is 25.6. The number of carbonyl (C=O) groups excluding carboxylic acids is 2. The Balaban J connectivity index is 0.000000455. The fourth-order valence-electron chi connectivity index (χ4n) is 5.10. The Morgan fingerprint density at radius 2 is 1.83 bits per heavy atom. The van der Waals surface area contributed by atoms with Crippen molar-refractivity contribution >= 4 is 28.7 Å². The number of hydrogen-bond donors (Lipinski definition) is 0. The van der Waals surface area contributed by atoms with Crippen molar-refractivity contribution in [3.63, 3.8) is 0 Å². The molecule has 2 aliphatic rings. The number of hydrogen-bond acceptors (Lipinski definition) is 7. The van der Waals surface area contributed by atoms with Gasteiger partial charge < -0.3 is 24.1 Å². The highest BCUT2D eigenvalue weighted by Gasteiger charge is 2.51. The highest BCUT2D eigenvalue weighted by atomic mass is 16.5. The van der Waals surface area contributed by atoms with Crippen LogP contribution in [0.3, 0.4) is 0 Å². The molecule has 0 atom stereocenters. The fourth-order valence-corrected chi connectivity index (χ4v) is 5.10. The molecule has 2 heterocycles. The molecule has 0 unspecified atom stereocenters. The molecule has 2 aromatic carbocycles. The molecule has 36 heavy (non-hydrogen) atoms. The van der Waals surface area contributed by atoms with Crippen molar-refractivity contribution < 1.29 is 19.1 Å². The molecule has 7 nitrogen and oxygen atoms in total. The predicted molar refractivity (Wildman–Crippen MR) is 142 cm³/mol. The quantitative estimate of drug-likeness (QED) is 0.451. The van der Waals surface area contributed by atoms with E-state index in [1.54, 1.807) is 7.11 Å². The van der Waals surface area contributed by atoms with Crippen molar-refractivity contribution in [2.45, 2.75) is 37.6 Å². The second-order valence-electron chi connectivity index (χ2n) is 9.67. The minimum atomic E-state index is -0.374. The number of benzene rings is 2. The number of para-hydroxylation sites is 1. The summed E-state index contributed by atoms with van der Waals surface area (Å²) < 4.78 is 11.7. The summed E-state index contributed by atoms with van der Waals surface area (Å²) in [6, 6.07) is 16.1. The fraction of sp³-hybridized carbons (Fsp3) is 0.414. The van der Waals surface area contributed by atoms with Crippen LogP contribution in [0.5, 0.6) is 11.5 Å². The van der Waals surface area contributed by atoms with E-state index in [2.05, 4.69) is 17.0 Å². The van der Waals surface area contributed by atoms with E-state index in [1.807, 2.05) is 62.4 Å². The number of Topliss-reactive ketones (excluding diaryl/α,β-unsaturated/α-hetero) is 1. The van der Waals surface area contributed by atoms with Gasteiger partial charge in [-0.15, -0.1) is 0 Å². The molecule has 1 aliphatic heterocycles. The van der Waals surface area contributed by atoms with Crippen molar-refractivity contribution in [3.05, 3.63) is 59.8 Å². The molecule has 0 bridgehead atoms. The van der Waals surface area contributed by atoms with Crippen LogP contribution in [0.1, 0.15) is 41.7 Å². The Labute approximate surface area is 213 Å². The van der Waals surface area contributed by atoms with E-state index in [0.717, 1.165) is 59.8 Å². The zero-order chi connectivity index (χ0) is 25.7. The first-order valence-corrected chi connectivity index (χ1v) is 12.5. The van der Waals surface area contributed by atoms with Crippen molar-refractivity contribution in [1.29, 1.82) is 0 Å². The van der Waals surface area contributed by atoms with E-state index in [4.69, 9.17) is 14.5 Å². The predicted octanol–water partition coefficient (Wildman–Crippen LogP) is 4.56. The highest BCUT2D eigenvalue weighted by molar-refractivity contribution is 6.14. The molecule has 1 aromatic heterocycles.